The van der Waals surface area contributed by atoms with Crippen molar-refractivity contribution in [2.24, 2.45) is 5.73 Å². The summed E-state index contributed by atoms with van der Waals surface area (Å²) in [5.41, 5.74) is 10.3. The van der Waals surface area contributed by atoms with E-state index < -0.39 is 0 Å². The first kappa shape index (κ1) is 13.2. The molecular weight excluding hydrogens is 266 g/mol. The fraction of sp³-hybridized carbons (Fsp3) is 0.188. The summed E-state index contributed by atoms with van der Waals surface area (Å²) >= 11 is 1.66. The van der Waals surface area contributed by atoms with Crippen LogP contribution in [0.15, 0.2) is 52.5 Å². The summed E-state index contributed by atoms with van der Waals surface area (Å²) in [6.45, 7) is 2.75. The first-order valence-corrected chi connectivity index (χ1v) is 7.50. The number of nitrogens with one attached hydrogen (secondary N) is 1. The number of benzene rings is 2. The smallest absolute Gasteiger partial charge is 0.171 e. The van der Waals surface area contributed by atoms with Crippen molar-refractivity contribution in [2.75, 3.05) is 6.54 Å². The van der Waals surface area contributed by atoms with E-state index in [4.69, 9.17) is 5.73 Å². The predicted molar refractivity (Wildman–Crippen MR) is 84.2 cm³/mol. The van der Waals surface area contributed by atoms with E-state index in [2.05, 4.69) is 59.4 Å². The lowest BCUT2D eigenvalue weighted by atomic mass is 10.1. The Morgan fingerprint density at radius 2 is 2.05 bits per heavy atom. The van der Waals surface area contributed by atoms with Crippen molar-refractivity contribution in [1.82, 2.24) is 9.97 Å². The van der Waals surface area contributed by atoms with Crippen molar-refractivity contribution in [3.8, 4) is 0 Å². The van der Waals surface area contributed by atoms with Gasteiger partial charge in [0.2, 0.25) is 0 Å². The molecule has 0 fully saturated rings. The molecule has 3 rings (SSSR count). The topological polar surface area (TPSA) is 54.7 Å². The van der Waals surface area contributed by atoms with Crippen LogP contribution in [0.4, 0.5) is 0 Å². The number of aryl methyl sites for hydroxylation is 1. The zero-order valence-corrected chi connectivity index (χ0v) is 12.2. The molecule has 0 bridgehead atoms. The Morgan fingerprint density at radius 3 is 2.90 bits per heavy atom. The van der Waals surface area contributed by atoms with Crippen molar-refractivity contribution in [3.63, 3.8) is 0 Å². The number of nitrogens with zero attached hydrogens (tertiary/aromatic N) is 1. The molecule has 0 aliphatic heterocycles. The van der Waals surface area contributed by atoms with E-state index >= 15 is 0 Å². The summed E-state index contributed by atoms with van der Waals surface area (Å²) in [6, 6.07) is 14.6. The Kier molecular flexibility index (Phi) is 3.76. The van der Waals surface area contributed by atoms with Crippen LogP contribution in [0.2, 0.25) is 0 Å². The third-order valence-corrected chi connectivity index (χ3v) is 4.21. The minimum atomic E-state index is 0.664. The fourth-order valence-corrected chi connectivity index (χ4v) is 3.18. The first-order valence-electron chi connectivity index (χ1n) is 6.68. The van der Waals surface area contributed by atoms with Gasteiger partial charge in [-0.15, -0.1) is 0 Å². The van der Waals surface area contributed by atoms with Gasteiger partial charge in [-0.05, 0) is 49.2 Å². The second-order valence-electron chi connectivity index (χ2n) is 4.81. The molecule has 0 atom stereocenters. The Bertz CT molecular complexity index is 733. The lowest BCUT2D eigenvalue weighted by molar-refractivity contribution is 0.942. The lowest BCUT2D eigenvalue weighted by Crippen LogP contribution is -2.03. The van der Waals surface area contributed by atoms with Crippen molar-refractivity contribution >= 4 is 22.8 Å². The van der Waals surface area contributed by atoms with Gasteiger partial charge in [-0.1, -0.05) is 36.0 Å². The summed E-state index contributed by atoms with van der Waals surface area (Å²) in [7, 11) is 0. The first-order chi connectivity index (χ1) is 9.76. The van der Waals surface area contributed by atoms with Gasteiger partial charge in [0, 0.05) is 4.90 Å². The van der Waals surface area contributed by atoms with Crippen molar-refractivity contribution in [3.05, 3.63) is 53.6 Å². The number of imidazole rings is 1. The van der Waals surface area contributed by atoms with E-state index in [1.54, 1.807) is 11.8 Å². The van der Waals surface area contributed by atoms with Gasteiger partial charge in [-0.25, -0.2) is 4.98 Å². The quantitative estimate of drug-likeness (QED) is 0.770. The Labute approximate surface area is 122 Å². The van der Waals surface area contributed by atoms with Crippen molar-refractivity contribution < 1.29 is 0 Å². The zero-order valence-electron chi connectivity index (χ0n) is 11.4. The van der Waals surface area contributed by atoms with Gasteiger partial charge in [-0.3, -0.25) is 0 Å². The van der Waals surface area contributed by atoms with Crippen molar-refractivity contribution in [2.45, 2.75) is 23.4 Å². The van der Waals surface area contributed by atoms with E-state index in [1.165, 1.54) is 16.0 Å². The highest BCUT2D eigenvalue weighted by molar-refractivity contribution is 7.99. The molecule has 0 unspecified atom stereocenters. The van der Waals surface area contributed by atoms with Crippen LogP contribution in [0.1, 0.15) is 11.1 Å². The van der Waals surface area contributed by atoms with Gasteiger partial charge in [0.05, 0.1) is 11.0 Å². The molecule has 4 heteroatoms. The van der Waals surface area contributed by atoms with E-state index in [9.17, 15) is 0 Å². The molecule has 1 heterocycles. The van der Waals surface area contributed by atoms with Crippen LogP contribution in [0.3, 0.4) is 0 Å². The average Bonchev–Trinajstić information content (AvgIpc) is 2.82. The second-order valence-corrected chi connectivity index (χ2v) is 5.84. The maximum Gasteiger partial charge on any atom is 0.171 e. The maximum absolute atomic E-state index is 5.67. The standard InChI is InChI=1S/C16H17N3S/c1-11-6-7-13-14(10-11)19-16(18-13)20-15-5-3-2-4-12(15)8-9-17/h2-7,10H,8-9,17H2,1H3,(H,18,19). The van der Waals surface area contributed by atoms with Crippen LogP contribution >= 0.6 is 11.8 Å². The molecule has 0 aliphatic rings. The molecule has 1 aromatic heterocycles. The molecule has 0 radical (unpaired) electrons. The molecule has 0 aliphatic carbocycles. The minimum absolute atomic E-state index is 0.664. The summed E-state index contributed by atoms with van der Waals surface area (Å²) in [6.07, 6.45) is 0.891. The molecule has 0 amide bonds. The Balaban J connectivity index is 1.93. The van der Waals surface area contributed by atoms with Crippen LogP contribution in [0.25, 0.3) is 11.0 Å². The largest absolute Gasteiger partial charge is 0.333 e. The molecule has 3 N–H and O–H groups in total. The van der Waals surface area contributed by atoms with Gasteiger partial charge in [0.1, 0.15) is 0 Å². The minimum Gasteiger partial charge on any atom is -0.333 e. The summed E-state index contributed by atoms with van der Waals surface area (Å²) in [4.78, 5) is 9.22. The number of fused-ring (bicyclic) bond motifs is 1. The lowest BCUT2D eigenvalue weighted by Gasteiger charge is -2.05. The SMILES string of the molecule is Cc1ccc2nc(Sc3ccccc3CCN)[nH]c2c1. The number of H-pyrrole nitrogens is 1. The fourth-order valence-electron chi connectivity index (χ4n) is 2.22. The van der Waals surface area contributed by atoms with Crippen LogP contribution in [-0.2, 0) is 6.42 Å². The third-order valence-electron chi connectivity index (χ3n) is 3.21. The Hall–Kier alpha value is -1.78. The number of rotatable bonds is 4. The molecule has 2 aromatic carbocycles. The third kappa shape index (κ3) is 2.71. The zero-order chi connectivity index (χ0) is 13.9. The van der Waals surface area contributed by atoms with E-state index in [1.807, 2.05) is 0 Å². The van der Waals surface area contributed by atoms with Crippen LogP contribution in [-0.4, -0.2) is 16.5 Å². The molecule has 20 heavy (non-hydrogen) atoms. The molecule has 0 saturated carbocycles. The van der Waals surface area contributed by atoms with Crippen LogP contribution in [0.5, 0.6) is 0 Å². The number of hydrogen-bond donors (Lipinski definition) is 2. The molecular formula is C16H17N3S. The highest BCUT2D eigenvalue weighted by Gasteiger charge is 2.07. The number of hydrogen-bond acceptors (Lipinski definition) is 3. The number of aromatic nitrogens is 2. The maximum atomic E-state index is 5.67. The molecule has 102 valence electrons. The molecule has 0 saturated heterocycles. The van der Waals surface area contributed by atoms with Crippen LogP contribution < -0.4 is 5.73 Å². The predicted octanol–water partition coefficient (Wildman–Crippen LogP) is 3.52. The highest BCUT2D eigenvalue weighted by Crippen LogP contribution is 2.30. The van der Waals surface area contributed by atoms with Gasteiger partial charge in [0.15, 0.2) is 5.16 Å². The second kappa shape index (κ2) is 5.69. The van der Waals surface area contributed by atoms with E-state index in [0.717, 1.165) is 22.6 Å². The molecule has 3 aromatic rings. The van der Waals surface area contributed by atoms with E-state index in [-0.39, 0.29) is 0 Å². The highest BCUT2D eigenvalue weighted by atomic mass is 32.2. The monoisotopic (exact) mass is 283 g/mol. The molecule has 3 nitrogen and oxygen atoms in total. The van der Waals surface area contributed by atoms with E-state index in [0.29, 0.717) is 6.54 Å². The summed E-state index contributed by atoms with van der Waals surface area (Å²) in [5.74, 6) is 0. The van der Waals surface area contributed by atoms with Gasteiger partial charge >= 0.3 is 0 Å². The average molecular weight is 283 g/mol. The van der Waals surface area contributed by atoms with Gasteiger partial charge in [0.25, 0.3) is 0 Å². The number of aromatic amines is 1. The van der Waals surface area contributed by atoms with Gasteiger partial charge in [-0.2, -0.15) is 0 Å². The normalized spacial score (nSPS) is 11.1. The van der Waals surface area contributed by atoms with Gasteiger partial charge < -0.3 is 10.7 Å². The Morgan fingerprint density at radius 1 is 1.20 bits per heavy atom. The number of nitrogens with two attached hydrogens (primary N) is 1. The molecule has 0 spiro atoms. The van der Waals surface area contributed by atoms with Crippen LogP contribution in [0, 0.1) is 6.92 Å². The van der Waals surface area contributed by atoms with Crippen molar-refractivity contribution in [1.29, 1.82) is 0 Å². The summed E-state index contributed by atoms with van der Waals surface area (Å²) in [5, 5.41) is 0.926. The summed E-state index contributed by atoms with van der Waals surface area (Å²) < 4.78 is 0.